The molecule has 6 nitrogen and oxygen atoms in total. The Morgan fingerprint density at radius 2 is 2.06 bits per heavy atom. The number of nitrogens with one attached hydrogen (secondary N) is 2. The van der Waals surface area contributed by atoms with Gasteiger partial charge >= 0.3 is 0 Å². The average molecular weight is 422 g/mol. The van der Waals surface area contributed by atoms with Crippen LogP contribution in [0.3, 0.4) is 0 Å². The van der Waals surface area contributed by atoms with E-state index < -0.39 is 0 Å². The van der Waals surface area contributed by atoms with E-state index in [1.54, 1.807) is 13.2 Å². The van der Waals surface area contributed by atoms with Crippen molar-refractivity contribution in [3.8, 4) is 17.0 Å². The van der Waals surface area contributed by atoms with Gasteiger partial charge in [-0.15, -0.1) is 0 Å². The van der Waals surface area contributed by atoms with E-state index in [9.17, 15) is 4.39 Å². The molecule has 0 spiro atoms. The number of nitrogens with zero attached hydrogens (tertiary/aromatic N) is 3. The maximum atomic E-state index is 13.9. The number of aromatic amines is 1. The van der Waals surface area contributed by atoms with E-state index in [0.29, 0.717) is 17.0 Å². The Hall–Kier alpha value is -2.77. The molecule has 1 fully saturated rings. The third-order valence-corrected chi connectivity index (χ3v) is 6.46. The summed E-state index contributed by atoms with van der Waals surface area (Å²) < 4.78 is 19.4. The number of hydrogen-bond acceptors (Lipinski definition) is 5. The van der Waals surface area contributed by atoms with Crippen molar-refractivity contribution in [3.63, 3.8) is 0 Å². The smallest absolute Gasteiger partial charge is 0.141 e. The maximum absolute atomic E-state index is 13.9. The molecule has 0 amide bonds. The SMILES string of the molecule is COc1ccc(F)cc1-c1ncnc2[nH]c(C3=CCN(CC4CCNCC4)CC3)cc12. The van der Waals surface area contributed by atoms with Crippen molar-refractivity contribution in [1.29, 1.82) is 0 Å². The van der Waals surface area contributed by atoms with Gasteiger partial charge in [-0.05, 0) is 68.1 Å². The summed E-state index contributed by atoms with van der Waals surface area (Å²) >= 11 is 0. The van der Waals surface area contributed by atoms with Crippen molar-refractivity contribution >= 4 is 16.6 Å². The standard InChI is InChI=1S/C24H28FN5O/c1-31-22-3-2-18(25)12-19(22)23-20-13-21(29-24(20)28-15-27-23)17-6-10-30(11-7-17)14-16-4-8-26-9-5-16/h2-3,6,12-13,15-16,26H,4-5,7-11,14H2,1H3,(H,27,28,29). The Morgan fingerprint density at radius 3 is 2.84 bits per heavy atom. The van der Waals surface area contributed by atoms with Crippen molar-refractivity contribution in [2.45, 2.75) is 19.3 Å². The average Bonchev–Trinajstić information content (AvgIpc) is 3.25. The van der Waals surface area contributed by atoms with E-state index in [2.05, 4.69) is 37.3 Å². The minimum absolute atomic E-state index is 0.317. The molecular weight excluding hydrogens is 393 g/mol. The fourth-order valence-electron chi connectivity index (χ4n) is 4.74. The summed E-state index contributed by atoms with van der Waals surface area (Å²) in [5.74, 6) is 1.08. The molecule has 3 aromatic rings. The fourth-order valence-corrected chi connectivity index (χ4v) is 4.74. The molecule has 1 aromatic carbocycles. The van der Waals surface area contributed by atoms with Crippen LogP contribution in [0, 0.1) is 11.7 Å². The van der Waals surface area contributed by atoms with Gasteiger partial charge in [0.1, 0.15) is 23.5 Å². The maximum Gasteiger partial charge on any atom is 0.141 e. The van der Waals surface area contributed by atoms with E-state index in [1.807, 2.05) is 0 Å². The molecule has 5 rings (SSSR count). The molecule has 31 heavy (non-hydrogen) atoms. The minimum atomic E-state index is -0.317. The van der Waals surface area contributed by atoms with Crippen LogP contribution < -0.4 is 10.1 Å². The Bertz CT molecular complexity index is 1100. The van der Waals surface area contributed by atoms with Gasteiger partial charge in [0.15, 0.2) is 0 Å². The molecule has 0 unspecified atom stereocenters. The first-order valence-electron chi connectivity index (χ1n) is 11.0. The van der Waals surface area contributed by atoms with Crippen LogP contribution in [0.1, 0.15) is 25.0 Å². The molecule has 0 saturated carbocycles. The van der Waals surface area contributed by atoms with E-state index in [0.717, 1.165) is 55.2 Å². The highest BCUT2D eigenvalue weighted by Gasteiger charge is 2.21. The van der Waals surface area contributed by atoms with Crippen LogP contribution in [0.25, 0.3) is 27.9 Å². The second-order valence-corrected chi connectivity index (χ2v) is 8.44. The highest BCUT2D eigenvalue weighted by molar-refractivity contribution is 5.94. The van der Waals surface area contributed by atoms with Crippen molar-refractivity contribution < 1.29 is 9.13 Å². The molecule has 0 aliphatic carbocycles. The lowest BCUT2D eigenvalue weighted by Crippen LogP contribution is -2.38. The number of H-pyrrole nitrogens is 1. The minimum Gasteiger partial charge on any atom is -0.496 e. The number of methoxy groups -OCH3 is 1. The summed E-state index contributed by atoms with van der Waals surface area (Å²) in [6, 6.07) is 6.58. The summed E-state index contributed by atoms with van der Waals surface area (Å²) in [6.45, 7) is 5.53. The molecule has 2 N–H and O–H groups in total. The first-order valence-corrected chi connectivity index (χ1v) is 11.0. The number of halogens is 1. The third-order valence-electron chi connectivity index (χ3n) is 6.46. The summed E-state index contributed by atoms with van der Waals surface area (Å²) in [6.07, 6.45) is 7.40. The van der Waals surface area contributed by atoms with Crippen LogP contribution >= 0.6 is 0 Å². The Morgan fingerprint density at radius 1 is 1.19 bits per heavy atom. The van der Waals surface area contributed by atoms with E-state index in [4.69, 9.17) is 4.74 Å². The zero-order valence-electron chi connectivity index (χ0n) is 17.8. The lowest BCUT2D eigenvalue weighted by atomic mass is 9.96. The number of rotatable bonds is 5. The monoisotopic (exact) mass is 421 g/mol. The van der Waals surface area contributed by atoms with Gasteiger partial charge < -0.3 is 15.0 Å². The molecule has 2 aliphatic rings. The van der Waals surface area contributed by atoms with E-state index in [1.165, 1.54) is 43.4 Å². The van der Waals surface area contributed by atoms with Gasteiger partial charge in [0.05, 0.1) is 12.8 Å². The predicted molar refractivity (Wildman–Crippen MR) is 120 cm³/mol. The highest BCUT2D eigenvalue weighted by Crippen LogP contribution is 2.35. The van der Waals surface area contributed by atoms with Crippen molar-refractivity contribution in [2.24, 2.45) is 5.92 Å². The largest absolute Gasteiger partial charge is 0.496 e. The molecule has 0 radical (unpaired) electrons. The predicted octanol–water partition coefficient (Wildman–Crippen LogP) is 3.86. The molecule has 0 bridgehead atoms. The van der Waals surface area contributed by atoms with E-state index >= 15 is 0 Å². The van der Waals surface area contributed by atoms with Gasteiger partial charge in [-0.3, -0.25) is 4.90 Å². The van der Waals surface area contributed by atoms with Crippen LogP contribution in [0.2, 0.25) is 0 Å². The zero-order chi connectivity index (χ0) is 21.2. The highest BCUT2D eigenvalue weighted by atomic mass is 19.1. The summed E-state index contributed by atoms with van der Waals surface area (Å²) in [4.78, 5) is 14.9. The van der Waals surface area contributed by atoms with Gasteiger partial charge in [0, 0.05) is 36.3 Å². The number of ether oxygens (including phenoxy) is 1. The Balaban J connectivity index is 1.40. The molecule has 7 heteroatoms. The van der Waals surface area contributed by atoms with Crippen molar-refractivity contribution in [1.82, 2.24) is 25.2 Å². The lowest BCUT2D eigenvalue weighted by molar-refractivity contribution is 0.221. The lowest BCUT2D eigenvalue weighted by Gasteiger charge is -2.31. The molecular formula is C24H28FN5O. The van der Waals surface area contributed by atoms with Crippen LogP contribution in [0.4, 0.5) is 4.39 Å². The number of benzene rings is 1. The molecule has 4 heterocycles. The molecule has 0 atom stereocenters. The number of aromatic nitrogens is 3. The molecule has 162 valence electrons. The van der Waals surface area contributed by atoms with Crippen molar-refractivity contribution in [2.75, 3.05) is 39.8 Å². The van der Waals surface area contributed by atoms with Crippen LogP contribution in [0.5, 0.6) is 5.75 Å². The Labute approximate surface area is 181 Å². The quantitative estimate of drug-likeness (QED) is 0.655. The topological polar surface area (TPSA) is 66.1 Å². The number of fused-ring (bicyclic) bond motifs is 1. The zero-order valence-corrected chi connectivity index (χ0v) is 17.8. The Kier molecular flexibility index (Phi) is 5.70. The van der Waals surface area contributed by atoms with Crippen LogP contribution in [-0.4, -0.2) is 59.7 Å². The molecule has 2 aliphatic heterocycles. The molecule has 2 aromatic heterocycles. The first-order chi connectivity index (χ1) is 15.2. The van der Waals surface area contributed by atoms with Gasteiger partial charge in [-0.2, -0.15) is 0 Å². The fraction of sp³-hybridized carbons (Fsp3) is 0.417. The van der Waals surface area contributed by atoms with Crippen LogP contribution in [0.15, 0.2) is 36.7 Å². The van der Waals surface area contributed by atoms with Gasteiger partial charge in [-0.25, -0.2) is 14.4 Å². The van der Waals surface area contributed by atoms with E-state index in [-0.39, 0.29) is 5.82 Å². The second-order valence-electron chi connectivity index (χ2n) is 8.44. The van der Waals surface area contributed by atoms with Crippen molar-refractivity contribution in [3.05, 3.63) is 48.2 Å². The second kappa shape index (κ2) is 8.77. The van der Waals surface area contributed by atoms with Gasteiger partial charge in [0.2, 0.25) is 0 Å². The van der Waals surface area contributed by atoms with Gasteiger partial charge in [0.25, 0.3) is 0 Å². The summed E-state index contributed by atoms with van der Waals surface area (Å²) in [5.41, 5.74) is 4.42. The van der Waals surface area contributed by atoms with Gasteiger partial charge in [-0.1, -0.05) is 6.08 Å². The third kappa shape index (κ3) is 4.20. The normalized spacial score (nSPS) is 18.3. The number of hydrogen-bond donors (Lipinski definition) is 2. The van der Waals surface area contributed by atoms with Crippen LogP contribution in [-0.2, 0) is 0 Å². The first kappa shape index (κ1) is 20.2. The number of piperidine rings is 1. The summed E-state index contributed by atoms with van der Waals surface area (Å²) in [7, 11) is 1.58. The summed E-state index contributed by atoms with van der Waals surface area (Å²) in [5, 5.41) is 4.32. The molecule has 1 saturated heterocycles.